The van der Waals surface area contributed by atoms with Gasteiger partial charge in [-0.25, -0.2) is 9.97 Å². The SMILES string of the molecule is CC(C)c1nc2ccc(C(F)(F)F)nc2n1-c1ccc2c(c1)CCN2. The van der Waals surface area contributed by atoms with Crippen LogP contribution in [-0.2, 0) is 12.6 Å². The summed E-state index contributed by atoms with van der Waals surface area (Å²) in [5, 5.41) is 3.29. The first-order valence-electron chi connectivity index (χ1n) is 8.18. The van der Waals surface area contributed by atoms with E-state index in [1.807, 2.05) is 32.0 Å². The van der Waals surface area contributed by atoms with Crippen LogP contribution < -0.4 is 5.32 Å². The third-order valence-corrected chi connectivity index (χ3v) is 4.39. The molecular weight excluding hydrogens is 329 g/mol. The Kier molecular flexibility index (Phi) is 3.49. The van der Waals surface area contributed by atoms with Gasteiger partial charge in [-0.1, -0.05) is 13.8 Å². The lowest BCUT2D eigenvalue weighted by Crippen LogP contribution is -2.09. The molecule has 7 heteroatoms. The van der Waals surface area contributed by atoms with Gasteiger partial charge in [-0.15, -0.1) is 0 Å². The molecule has 130 valence electrons. The summed E-state index contributed by atoms with van der Waals surface area (Å²) in [6.07, 6.45) is -3.59. The number of nitrogens with one attached hydrogen (secondary N) is 1. The fraction of sp³-hybridized carbons (Fsp3) is 0.333. The van der Waals surface area contributed by atoms with Crippen LogP contribution in [0.25, 0.3) is 16.9 Å². The molecule has 2 aromatic heterocycles. The number of nitrogens with zero attached hydrogens (tertiary/aromatic N) is 3. The lowest BCUT2D eigenvalue weighted by molar-refractivity contribution is -0.141. The van der Waals surface area contributed by atoms with Gasteiger partial charge in [0.25, 0.3) is 0 Å². The van der Waals surface area contributed by atoms with Crippen molar-refractivity contribution in [2.24, 2.45) is 0 Å². The Morgan fingerprint density at radius 3 is 2.64 bits per heavy atom. The van der Waals surface area contributed by atoms with Crippen LogP contribution >= 0.6 is 0 Å². The van der Waals surface area contributed by atoms with Crippen LogP contribution in [0.3, 0.4) is 0 Å². The van der Waals surface area contributed by atoms with E-state index in [0.29, 0.717) is 11.3 Å². The number of alkyl halides is 3. The lowest BCUT2D eigenvalue weighted by Gasteiger charge is -2.13. The highest BCUT2D eigenvalue weighted by atomic mass is 19.4. The Bertz CT molecular complexity index is 957. The molecule has 0 radical (unpaired) electrons. The van der Waals surface area contributed by atoms with Crippen LogP contribution in [0.4, 0.5) is 18.9 Å². The van der Waals surface area contributed by atoms with Gasteiger partial charge in [0.1, 0.15) is 17.0 Å². The molecule has 1 N–H and O–H groups in total. The zero-order valence-electron chi connectivity index (χ0n) is 13.9. The van der Waals surface area contributed by atoms with Gasteiger partial charge >= 0.3 is 6.18 Å². The Balaban J connectivity index is 1.98. The predicted octanol–water partition coefficient (Wildman–Crippen LogP) is 4.53. The minimum absolute atomic E-state index is 0.0508. The molecule has 0 aliphatic carbocycles. The Hall–Kier alpha value is -2.57. The van der Waals surface area contributed by atoms with E-state index in [2.05, 4.69) is 15.3 Å². The maximum Gasteiger partial charge on any atom is 0.433 e. The highest BCUT2D eigenvalue weighted by molar-refractivity contribution is 5.75. The average Bonchev–Trinajstić information content (AvgIpc) is 3.16. The summed E-state index contributed by atoms with van der Waals surface area (Å²) in [5.41, 5.74) is 2.82. The fourth-order valence-corrected chi connectivity index (χ4v) is 3.20. The summed E-state index contributed by atoms with van der Waals surface area (Å²) in [4.78, 5) is 8.40. The summed E-state index contributed by atoms with van der Waals surface area (Å²) < 4.78 is 41.0. The normalized spacial score (nSPS) is 14.2. The van der Waals surface area contributed by atoms with Crippen LogP contribution in [0.5, 0.6) is 0 Å². The van der Waals surface area contributed by atoms with Gasteiger partial charge in [0.2, 0.25) is 0 Å². The topological polar surface area (TPSA) is 42.7 Å². The standard InChI is InChI=1S/C18H17F3N4/c1-10(2)16-23-14-5-6-15(18(19,20)21)24-17(14)25(16)12-3-4-13-11(9-12)7-8-22-13/h3-6,9-10,22H,7-8H2,1-2H3. The molecule has 1 aromatic carbocycles. The molecule has 1 aliphatic rings. The Morgan fingerprint density at radius 1 is 1.12 bits per heavy atom. The smallest absolute Gasteiger partial charge is 0.384 e. The molecule has 4 nitrogen and oxygen atoms in total. The Morgan fingerprint density at radius 2 is 1.92 bits per heavy atom. The summed E-state index contributed by atoms with van der Waals surface area (Å²) in [6.45, 7) is 4.81. The van der Waals surface area contributed by atoms with Gasteiger partial charge in [0.05, 0.1) is 0 Å². The van der Waals surface area contributed by atoms with Crippen molar-refractivity contribution in [1.29, 1.82) is 0 Å². The van der Waals surface area contributed by atoms with Gasteiger partial charge in [-0.05, 0) is 42.3 Å². The van der Waals surface area contributed by atoms with Crippen molar-refractivity contribution in [3.8, 4) is 5.69 Å². The van der Waals surface area contributed by atoms with Crippen molar-refractivity contribution in [2.45, 2.75) is 32.4 Å². The van der Waals surface area contributed by atoms with Crippen molar-refractivity contribution in [3.05, 3.63) is 47.4 Å². The lowest BCUT2D eigenvalue weighted by atomic mass is 10.1. The summed E-state index contributed by atoms with van der Waals surface area (Å²) >= 11 is 0. The second kappa shape index (κ2) is 5.47. The van der Waals surface area contributed by atoms with E-state index >= 15 is 0 Å². The molecule has 0 unspecified atom stereocenters. The molecule has 0 spiro atoms. The fourth-order valence-electron chi connectivity index (χ4n) is 3.20. The number of halogens is 3. The molecular formula is C18H17F3N4. The molecule has 0 atom stereocenters. The van der Waals surface area contributed by atoms with Crippen LogP contribution in [0.2, 0.25) is 0 Å². The van der Waals surface area contributed by atoms with Crippen LogP contribution in [0.15, 0.2) is 30.3 Å². The number of imidazole rings is 1. The number of rotatable bonds is 2. The highest BCUT2D eigenvalue weighted by Gasteiger charge is 2.33. The molecule has 0 saturated heterocycles. The van der Waals surface area contributed by atoms with E-state index in [4.69, 9.17) is 0 Å². The minimum Gasteiger partial charge on any atom is -0.384 e. The van der Waals surface area contributed by atoms with Crippen molar-refractivity contribution >= 4 is 16.9 Å². The van der Waals surface area contributed by atoms with Crippen LogP contribution in [0.1, 0.15) is 36.8 Å². The van der Waals surface area contributed by atoms with E-state index in [9.17, 15) is 13.2 Å². The molecule has 3 heterocycles. The first-order valence-corrected chi connectivity index (χ1v) is 8.18. The molecule has 0 amide bonds. The minimum atomic E-state index is -4.48. The van der Waals surface area contributed by atoms with Crippen molar-refractivity contribution in [1.82, 2.24) is 14.5 Å². The van der Waals surface area contributed by atoms with Crippen molar-refractivity contribution in [2.75, 3.05) is 11.9 Å². The number of benzene rings is 1. The van der Waals surface area contributed by atoms with Gasteiger partial charge < -0.3 is 5.32 Å². The summed E-state index contributed by atoms with van der Waals surface area (Å²) in [6, 6.07) is 8.23. The maximum absolute atomic E-state index is 13.1. The third-order valence-electron chi connectivity index (χ3n) is 4.39. The van der Waals surface area contributed by atoms with Gasteiger partial charge in [-0.3, -0.25) is 4.57 Å². The molecule has 0 fully saturated rings. The molecule has 1 aliphatic heterocycles. The van der Waals surface area contributed by atoms with Crippen molar-refractivity contribution < 1.29 is 13.2 Å². The zero-order valence-corrected chi connectivity index (χ0v) is 13.9. The van der Waals surface area contributed by atoms with Crippen molar-refractivity contribution in [3.63, 3.8) is 0 Å². The molecule has 0 saturated carbocycles. The molecule has 0 bridgehead atoms. The summed E-state index contributed by atoms with van der Waals surface area (Å²) in [7, 11) is 0. The van der Waals surface area contributed by atoms with E-state index in [-0.39, 0.29) is 11.6 Å². The number of fused-ring (bicyclic) bond motifs is 2. The van der Waals surface area contributed by atoms with Gasteiger partial charge in [0.15, 0.2) is 5.65 Å². The molecule has 3 aromatic rings. The monoisotopic (exact) mass is 346 g/mol. The predicted molar refractivity (Wildman–Crippen MR) is 90.1 cm³/mol. The van der Waals surface area contributed by atoms with E-state index < -0.39 is 11.9 Å². The molecule has 4 rings (SSSR count). The number of aromatic nitrogens is 3. The second-order valence-electron chi connectivity index (χ2n) is 6.52. The van der Waals surface area contributed by atoms with E-state index in [1.165, 1.54) is 6.07 Å². The number of hydrogen-bond donors (Lipinski definition) is 1. The quantitative estimate of drug-likeness (QED) is 0.741. The third kappa shape index (κ3) is 2.63. The first-order chi connectivity index (χ1) is 11.8. The first kappa shape index (κ1) is 15.9. The molecule has 25 heavy (non-hydrogen) atoms. The largest absolute Gasteiger partial charge is 0.433 e. The number of anilines is 1. The number of pyridine rings is 1. The van der Waals surface area contributed by atoms with Gasteiger partial charge in [-0.2, -0.15) is 13.2 Å². The Labute approximate surface area is 142 Å². The average molecular weight is 346 g/mol. The van der Waals surface area contributed by atoms with E-state index in [1.54, 1.807) is 4.57 Å². The zero-order chi connectivity index (χ0) is 17.8. The number of hydrogen-bond acceptors (Lipinski definition) is 3. The highest BCUT2D eigenvalue weighted by Crippen LogP contribution is 2.32. The van der Waals surface area contributed by atoms with E-state index in [0.717, 1.165) is 36.0 Å². The van der Waals surface area contributed by atoms with Crippen LogP contribution in [0, 0.1) is 0 Å². The summed E-state index contributed by atoms with van der Waals surface area (Å²) in [5.74, 6) is 0.752. The van der Waals surface area contributed by atoms with Gasteiger partial charge in [0, 0.05) is 23.8 Å². The van der Waals surface area contributed by atoms with Crippen LogP contribution in [-0.4, -0.2) is 21.1 Å². The second-order valence-corrected chi connectivity index (χ2v) is 6.52. The maximum atomic E-state index is 13.1.